The SMILES string of the molecule is O=C1NC(=O)C(Oc2ccc3c(c2)C(=O)c2ccccc2CO3)=C1O. The zero-order valence-electron chi connectivity index (χ0n) is 12.7. The van der Waals surface area contributed by atoms with Crippen molar-refractivity contribution in [3.8, 4) is 11.5 Å². The van der Waals surface area contributed by atoms with Crippen LogP contribution < -0.4 is 14.8 Å². The van der Waals surface area contributed by atoms with E-state index in [0.29, 0.717) is 11.3 Å². The fourth-order valence-electron chi connectivity index (χ4n) is 2.69. The first kappa shape index (κ1) is 14.9. The van der Waals surface area contributed by atoms with Crippen LogP contribution in [0.4, 0.5) is 0 Å². The Labute approximate surface area is 141 Å². The first-order chi connectivity index (χ1) is 12.0. The molecule has 0 aromatic heterocycles. The summed E-state index contributed by atoms with van der Waals surface area (Å²) in [7, 11) is 0. The number of rotatable bonds is 2. The van der Waals surface area contributed by atoms with E-state index in [1.54, 1.807) is 18.2 Å². The normalized spacial score (nSPS) is 15.9. The Morgan fingerprint density at radius 2 is 1.80 bits per heavy atom. The number of nitrogens with one attached hydrogen (secondary N) is 1. The first-order valence-corrected chi connectivity index (χ1v) is 7.41. The summed E-state index contributed by atoms with van der Waals surface area (Å²) in [5.41, 5.74) is 1.56. The van der Waals surface area contributed by atoms with Crippen LogP contribution in [-0.2, 0) is 16.2 Å². The molecule has 0 saturated heterocycles. The molecule has 2 aliphatic heterocycles. The Kier molecular flexibility index (Phi) is 3.28. The van der Waals surface area contributed by atoms with Gasteiger partial charge in [0.05, 0.1) is 5.56 Å². The Hall–Kier alpha value is -3.61. The van der Waals surface area contributed by atoms with E-state index in [0.717, 1.165) is 5.56 Å². The molecule has 2 heterocycles. The lowest BCUT2D eigenvalue weighted by Gasteiger charge is -2.09. The van der Waals surface area contributed by atoms with Gasteiger partial charge >= 0.3 is 0 Å². The van der Waals surface area contributed by atoms with Gasteiger partial charge in [-0.2, -0.15) is 0 Å². The van der Waals surface area contributed by atoms with Crippen LogP contribution in [-0.4, -0.2) is 22.7 Å². The number of fused-ring (bicyclic) bond motifs is 2. The van der Waals surface area contributed by atoms with Crippen LogP contribution in [0.3, 0.4) is 0 Å². The summed E-state index contributed by atoms with van der Waals surface area (Å²) in [6.45, 7) is 0.262. The number of imide groups is 1. The standard InChI is InChI=1S/C18H11NO6/c20-14-11-4-2-1-3-9(11)8-24-13-6-5-10(7-12(13)14)25-16-15(21)17(22)19-18(16)23/h1-7H,8H2,(H2,19,21,22,23). The average Bonchev–Trinajstić information content (AvgIpc) is 2.78. The molecule has 2 amide bonds. The number of ether oxygens (including phenoxy) is 2. The van der Waals surface area contributed by atoms with Crippen LogP contribution in [0, 0.1) is 0 Å². The Morgan fingerprint density at radius 1 is 1.00 bits per heavy atom. The van der Waals surface area contributed by atoms with E-state index in [2.05, 4.69) is 0 Å². The lowest BCUT2D eigenvalue weighted by Crippen LogP contribution is -2.24. The molecule has 0 spiro atoms. The summed E-state index contributed by atoms with van der Waals surface area (Å²) in [4.78, 5) is 35.6. The van der Waals surface area contributed by atoms with Gasteiger partial charge < -0.3 is 14.6 Å². The zero-order valence-corrected chi connectivity index (χ0v) is 12.7. The maximum absolute atomic E-state index is 12.8. The van der Waals surface area contributed by atoms with Crippen molar-refractivity contribution in [1.29, 1.82) is 0 Å². The van der Waals surface area contributed by atoms with Crippen molar-refractivity contribution in [2.75, 3.05) is 0 Å². The molecule has 7 heteroatoms. The Bertz CT molecular complexity index is 975. The molecule has 0 radical (unpaired) electrons. The van der Waals surface area contributed by atoms with E-state index in [-0.39, 0.29) is 23.7 Å². The number of benzene rings is 2. The molecule has 25 heavy (non-hydrogen) atoms. The highest BCUT2D eigenvalue weighted by Gasteiger charge is 2.33. The lowest BCUT2D eigenvalue weighted by atomic mass is 9.99. The molecule has 0 atom stereocenters. The van der Waals surface area contributed by atoms with Crippen molar-refractivity contribution < 1.29 is 29.0 Å². The number of aliphatic hydroxyl groups excluding tert-OH is 1. The summed E-state index contributed by atoms with van der Waals surface area (Å²) in [6.07, 6.45) is 0. The summed E-state index contributed by atoms with van der Waals surface area (Å²) >= 11 is 0. The third-order valence-corrected chi connectivity index (χ3v) is 3.92. The van der Waals surface area contributed by atoms with Gasteiger partial charge in [0.1, 0.15) is 18.1 Å². The van der Waals surface area contributed by atoms with Crippen molar-refractivity contribution in [3.63, 3.8) is 0 Å². The van der Waals surface area contributed by atoms with Crippen LogP contribution >= 0.6 is 0 Å². The fourth-order valence-corrected chi connectivity index (χ4v) is 2.69. The summed E-state index contributed by atoms with van der Waals surface area (Å²) in [6, 6.07) is 11.6. The molecule has 4 rings (SSSR count). The van der Waals surface area contributed by atoms with Crippen molar-refractivity contribution in [3.05, 3.63) is 70.7 Å². The number of hydrogen-bond donors (Lipinski definition) is 2. The quantitative estimate of drug-likeness (QED) is 0.808. The predicted octanol–water partition coefficient (Wildman–Crippen LogP) is 1.61. The van der Waals surface area contributed by atoms with Crippen LogP contribution in [0.15, 0.2) is 54.0 Å². The molecular weight excluding hydrogens is 326 g/mol. The number of ketones is 1. The van der Waals surface area contributed by atoms with Gasteiger partial charge in [0, 0.05) is 11.1 Å². The van der Waals surface area contributed by atoms with E-state index < -0.39 is 23.3 Å². The minimum absolute atomic E-state index is 0.126. The second-order valence-corrected chi connectivity index (χ2v) is 5.50. The van der Waals surface area contributed by atoms with Gasteiger partial charge in [0.2, 0.25) is 11.5 Å². The molecule has 124 valence electrons. The molecule has 7 nitrogen and oxygen atoms in total. The second-order valence-electron chi connectivity index (χ2n) is 5.50. The molecule has 0 unspecified atom stereocenters. The van der Waals surface area contributed by atoms with Crippen LogP contribution in [0.1, 0.15) is 21.5 Å². The van der Waals surface area contributed by atoms with Crippen LogP contribution in [0.2, 0.25) is 0 Å². The summed E-state index contributed by atoms with van der Waals surface area (Å²) in [5.74, 6) is -2.80. The average molecular weight is 337 g/mol. The number of carbonyl (C=O) groups excluding carboxylic acids is 3. The van der Waals surface area contributed by atoms with Gasteiger partial charge in [-0.1, -0.05) is 24.3 Å². The molecule has 2 aromatic carbocycles. The highest BCUT2D eigenvalue weighted by atomic mass is 16.5. The van der Waals surface area contributed by atoms with E-state index in [4.69, 9.17) is 9.47 Å². The number of carbonyl (C=O) groups is 3. The first-order valence-electron chi connectivity index (χ1n) is 7.41. The molecular formula is C18H11NO6. The monoisotopic (exact) mass is 337 g/mol. The van der Waals surface area contributed by atoms with Crippen LogP contribution in [0.25, 0.3) is 0 Å². The molecule has 0 aliphatic carbocycles. The van der Waals surface area contributed by atoms with E-state index in [1.807, 2.05) is 17.4 Å². The number of amides is 2. The molecule has 2 aromatic rings. The van der Waals surface area contributed by atoms with Gasteiger partial charge in [-0.3, -0.25) is 19.7 Å². The summed E-state index contributed by atoms with van der Waals surface area (Å²) < 4.78 is 11.0. The van der Waals surface area contributed by atoms with Crippen molar-refractivity contribution in [2.45, 2.75) is 6.61 Å². The third kappa shape index (κ3) is 2.42. The Morgan fingerprint density at radius 3 is 2.56 bits per heavy atom. The predicted molar refractivity (Wildman–Crippen MR) is 84.1 cm³/mol. The van der Waals surface area contributed by atoms with Gasteiger partial charge in [0.15, 0.2) is 5.78 Å². The minimum atomic E-state index is -0.928. The number of aliphatic hydroxyl groups is 1. The molecule has 0 bridgehead atoms. The summed E-state index contributed by atoms with van der Waals surface area (Å²) in [5, 5.41) is 11.5. The van der Waals surface area contributed by atoms with Crippen LogP contribution in [0.5, 0.6) is 11.5 Å². The van der Waals surface area contributed by atoms with Crippen molar-refractivity contribution in [2.24, 2.45) is 0 Å². The third-order valence-electron chi connectivity index (χ3n) is 3.92. The molecule has 0 saturated carbocycles. The zero-order chi connectivity index (χ0) is 17.6. The molecule has 2 aliphatic rings. The van der Waals surface area contributed by atoms with Crippen molar-refractivity contribution in [1.82, 2.24) is 5.32 Å². The van der Waals surface area contributed by atoms with Gasteiger partial charge in [-0.05, 0) is 18.2 Å². The molecule has 2 N–H and O–H groups in total. The highest BCUT2D eigenvalue weighted by Crippen LogP contribution is 2.32. The van der Waals surface area contributed by atoms with E-state index >= 15 is 0 Å². The minimum Gasteiger partial charge on any atom is -0.500 e. The van der Waals surface area contributed by atoms with Gasteiger partial charge in [-0.25, -0.2) is 0 Å². The maximum atomic E-state index is 12.8. The molecule has 0 fully saturated rings. The Balaban J connectivity index is 1.73. The second kappa shape index (κ2) is 5.48. The van der Waals surface area contributed by atoms with E-state index in [9.17, 15) is 19.5 Å². The smallest absolute Gasteiger partial charge is 0.298 e. The van der Waals surface area contributed by atoms with Crippen molar-refractivity contribution >= 4 is 17.6 Å². The maximum Gasteiger partial charge on any atom is 0.298 e. The lowest BCUT2D eigenvalue weighted by molar-refractivity contribution is -0.125. The number of hydrogen-bond acceptors (Lipinski definition) is 6. The van der Waals surface area contributed by atoms with E-state index in [1.165, 1.54) is 12.1 Å². The highest BCUT2D eigenvalue weighted by molar-refractivity contribution is 6.17. The largest absolute Gasteiger partial charge is 0.500 e. The van der Waals surface area contributed by atoms with Gasteiger partial charge in [-0.15, -0.1) is 0 Å². The van der Waals surface area contributed by atoms with Gasteiger partial charge in [0.25, 0.3) is 11.8 Å². The fraction of sp³-hybridized carbons (Fsp3) is 0.0556. The topological polar surface area (TPSA) is 102 Å².